The van der Waals surface area contributed by atoms with Crippen LogP contribution in [-0.2, 0) is 7.05 Å². The van der Waals surface area contributed by atoms with E-state index in [0.29, 0.717) is 0 Å². The number of aryl methyl sites for hydroxylation is 1. The molecule has 0 aliphatic rings. The third-order valence-corrected chi connectivity index (χ3v) is 4.95. The summed E-state index contributed by atoms with van der Waals surface area (Å²) >= 11 is 0. The van der Waals surface area contributed by atoms with Crippen LogP contribution in [0.3, 0.4) is 0 Å². The maximum absolute atomic E-state index is 4.99. The number of nitrogens with zero attached hydrogens (tertiary/aromatic N) is 3. The van der Waals surface area contributed by atoms with Crippen LogP contribution in [0, 0.1) is 0 Å². The second kappa shape index (κ2) is 6.29. The Balaban J connectivity index is 1.76. The van der Waals surface area contributed by atoms with Crippen LogP contribution in [0.15, 0.2) is 97.2 Å². The largest absolute Gasteiger partial charge is 0.350 e. The zero-order chi connectivity index (χ0) is 18.2. The molecule has 0 aliphatic heterocycles. The summed E-state index contributed by atoms with van der Waals surface area (Å²) in [6.07, 6.45) is 2.16. The molecule has 0 spiro atoms. The van der Waals surface area contributed by atoms with Crippen molar-refractivity contribution >= 4 is 10.9 Å². The van der Waals surface area contributed by atoms with Gasteiger partial charge in [-0.2, -0.15) is 5.10 Å². The van der Waals surface area contributed by atoms with Gasteiger partial charge in [-0.15, -0.1) is 0 Å². The number of rotatable bonds is 3. The summed E-state index contributed by atoms with van der Waals surface area (Å²) in [7, 11) is 2.08. The third kappa shape index (κ3) is 2.64. The van der Waals surface area contributed by atoms with Gasteiger partial charge in [-0.05, 0) is 24.3 Å². The highest BCUT2D eigenvalue weighted by Gasteiger charge is 2.16. The van der Waals surface area contributed by atoms with Gasteiger partial charge in [0.05, 0.1) is 17.1 Å². The highest BCUT2D eigenvalue weighted by Crippen LogP contribution is 2.33. The van der Waals surface area contributed by atoms with Crippen LogP contribution in [0.25, 0.3) is 39.1 Å². The Morgan fingerprint density at radius 2 is 1.41 bits per heavy atom. The van der Waals surface area contributed by atoms with Crippen molar-refractivity contribution in [3.63, 3.8) is 0 Å². The Hall–Kier alpha value is -3.59. The van der Waals surface area contributed by atoms with Crippen molar-refractivity contribution in [1.29, 1.82) is 0 Å². The fourth-order valence-corrected chi connectivity index (χ4v) is 3.64. The van der Waals surface area contributed by atoms with E-state index in [-0.39, 0.29) is 0 Å². The lowest BCUT2D eigenvalue weighted by molar-refractivity contribution is 0.891. The zero-order valence-corrected chi connectivity index (χ0v) is 15.1. The third-order valence-electron chi connectivity index (χ3n) is 4.95. The molecule has 0 unspecified atom stereocenters. The molecule has 0 atom stereocenters. The van der Waals surface area contributed by atoms with Crippen molar-refractivity contribution in [2.75, 3.05) is 0 Å². The SMILES string of the molecule is Cn1cc(-c2cc(-c3ccccc3)n(-c3ccccc3)n2)c2ccccc21. The van der Waals surface area contributed by atoms with E-state index in [1.807, 2.05) is 28.9 Å². The van der Waals surface area contributed by atoms with E-state index in [1.165, 1.54) is 10.9 Å². The summed E-state index contributed by atoms with van der Waals surface area (Å²) in [4.78, 5) is 0. The van der Waals surface area contributed by atoms with Crippen LogP contribution >= 0.6 is 0 Å². The Morgan fingerprint density at radius 3 is 2.19 bits per heavy atom. The Morgan fingerprint density at radius 1 is 0.741 bits per heavy atom. The molecular weight excluding hydrogens is 330 g/mol. The lowest BCUT2D eigenvalue weighted by atomic mass is 10.1. The second-order valence-corrected chi connectivity index (χ2v) is 6.70. The molecule has 0 saturated heterocycles. The summed E-state index contributed by atoms with van der Waals surface area (Å²) in [5.41, 5.74) is 6.64. The summed E-state index contributed by atoms with van der Waals surface area (Å²) in [5.74, 6) is 0. The van der Waals surface area contributed by atoms with E-state index in [1.54, 1.807) is 0 Å². The molecule has 27 heavy (non-hydrogen) atoms. The van der Waals surface area contributed by atoms with Crippen LogP contribution in [0.1, 0.15) is 0 Å². The zero-order valence-electron chi connectivity index (χ0n) is 15.1. The van der Waals surface area contributed by atoms with Crippen molar-refractivity contribution in [3.8, 4) is 28.2 Å². The number of fused-ring (bicyclic) bond motifs is 1. The molecule has 0 N–H and O–H groups in total. The highest BCUT2D eigenvalue weighted by molar-refractivity contribution is 5.95. The van der Waals surface area contributed by atoms with E-state index in [2.05, 4.69) is 84.5 Å². The predicted octanol–water partition coefficient (Wildman–Crippen LogP) is 5.70. The van der Waals surface area contributed by atoms with Gasteiger partial charge in [-0.1, -0.05) is 66.7 Å². The van der Waals surface area contributed by atoms with E-state index in [0.717, 1.165) is 28.2 Å². The van der Waals surface area contributed by atoms with Crippen molar-refractivity contribution in [2.45, 2.75) is 0 Å². The van der Waals surface area contributed by atoms with Crippen molar-refractivity contribution in [3.05, 3.63) is 97.2 Å². The fourth-order valence-electron chi connectivity index (χ4n) is 3.64. The average Bonchev–Trinajstić information content (AvgIpc) is 3.32. The molecule has 3 heteroatoms. The lowest BCUT2D eigenvalue weighted by Crippen LogP contribution is -1.98. The van der Waals surface area contributed by atoms with Gasteiger partial charge in [-0.25, -0.2) is 4.68 Å². The fraction of sp³-hybridized carbons (Fsp3) is 0.0417. The average molecular weight is 349 g/mol. The van der Waals surface area contributed by atoms with Crippen LogP contribution in [-0.4, -0.2) is 14.3 Å². The Labute approximate surface area is 158 Å². The van der Waals surface area contributed by atoms with Crippen molar-refractivity contribution < 1.29 is 0 Å². The van der Waals surface area contributed by atoms with Gasteiger partial charge in [0.1, 0.15) is 0 Å². The Bertz CT molecular complexity index is 1160. The Kier molecular flexibility index (Phi) is 3.65. The standard InChI is InChI=1S/C24H19N3/c1-26-17-21(20-14-8-9-15-23(20)26)22-16-24(18-10-4-2-5-11-18)27(25-22)19-12-6-3-7-13-19/h2-17H,1H3. The maximum atomic E-state index is 4.99. The summed E-state index contributed by atoms with van der Waals surface area (Å²) in [6.45, 7) is 0. The molecule has 0 bridgehead atoms. The molecule has 2 heterocycles. The molecule has 5 aromatic rings. The number of para-hydroxylation sites is 2. The van der Waals surface area contributed by atoms with E-state index in [4.69, 9.17) is 5.10 Å². The normalized spacial score (nSPS) is 11.1. The molecule has 0 amide bonds. The topological polar surface area (TPSA) is 22.8 Å². The van der Waals surface area contributed by atoms with E-state index >= 15 is 0 Å². The number of hydrogen-bond acceptors (Lipinski definition) is 1. The number of benzene rings is 3. The maximum Gasteiger partial charge on any atom is 0.0955 e. The molecule has 0 radical (unpaired) electrons. The highest BCUT2D eigenvalue weighted by atomic mass is 15.3. The van der Waals surface area contributed by atoms with Gasteiger partial charge in [0, 0.05) is 35.3 Å². The molecule has 0 saturated carbocycles. The van der Waals surface area contributed by atoms with Gasteiger partial charge < -0.3 is 4.57 Å². The van der Waals surface area contributed by atoms with Gasteiger partial charge in [0.15, 0.2) is 0 Å². The monoisotopic (exact) mass is 349 g/mol. The van der Waals surface area contributed by atoms with Crippen LogP contribution in [0.5, 0.6) is 0 Å². The van der Waals surface area contributed by atoms with Gasteiger partial charge >= 0.3 is 0 Å². The molecule has 0 fully saturated rings. The minimum atomic E-state index is 0.981. The summed E-state index contributed by atoms with van der Waals surface area (Å²) in [6, 6.07) is 31.4. The molecule has 0 aliphatic carbocycles. The smallest absolute Gasteiger partial charge is 0.0955 e. The minimum Gasteiger partial charge on any atom is -0.350 e. The predicted molar refractivity (Wildman–Crippen MR) is 111 cm³/mol. The van der Waals surface area contributed by atoms with Crippen LogP contribution < -0.4 is 0 Å². The molecule has 130 valence electrons. The lowest BCUT2D eigenvalue weighted by Gasteiger charge is -2.07. The van der Waals surface area contributed by atoms with Crippen LogP contribution in [0.2, 0.25) is 0 Å². The minimum absolute atomic E-state index is 0.981. The number of hydrogen-bond donors (Lipinski definition) is 0. The summed E-state index contributed by atoms with van der Waals surface area (Å²) in [5, 5.41) is 6.21. The molecule has 5 rings (SSSR count). The molecule has 3 nitrogen and oxygen atoms in total. The number of aromatic nitrogens is 3. The first-order valence-electron chi connectivity index (χ1n) is 9.06. The van der Waals surface area contributed by atoms with Gasteiger partial charge in [0.2, 0.25) is 0 Å². The van der Waals surface area contributed by atoms with Gasteiger partial charge in [-0.3, -0.25) is 0 Å². The molecule has 3 aromatic carbocycles. The van der Waals surface area contributed by atoms with Crippen molar-refractivity contribution in [2.24, 2.45) is 7.05 Å². The first-order valence-corrected chi connectivity index (χ1v) is 9.06. The first-order chi connectivity index (χ1) is 13.3. The second-order valence-electron chi connectivity index (χ2n) is 6.70. The first kappa shape index (κ1) is 15.6. The molecular formula is C24H19N3. The van der Waals surface area contributed by atoms with Crippen LogP contribution in [0.4, 0.5) is 0 Å². The summed E-state index contributed by atoms with van der Waals surface area (Å²) < 4.78 is 4.20. The van der Waals surface area contributed by atoms with Crippen molar-refractivity contribution in [1.82, 2.24) is 14.3 Å². The van der Waals surface area contributed by atoms with E-state index in [9.17, 15) is 0 Å². The molecule has 2 aromatic heterocycles. The van der Waals surface area contributed by atoms with Gasteiger partial charge in [0.25, 0.3) is 0 Å². The quantitative estimate of drug-likeness (QED) is 0.410. The van der Waals surface area contributed by atoms with E-state index < -0.39 is 0 Å².